The highest BCUT2D eigenvalue weighted by Crippen LogP contribution is 2.28. The lowest BCUT2D eigenvalue weighted by Crippen LogP contribution is -2.28. The van der Waals surface area contributed by atoms with Gasteiger partial charge in [-0.15, -0.1) is 10.2 Å². The Labute approximate surface area is 190 Å². The Morgan fingerprint density at radius 1 is 1.06 bits per heavy atom. The van der Waals surface area contributed by atoms with Crippen LogP contribution in [0.3, 0.4) is 0 Å². The summed E-state index contributed by atoms with van der Waals surface area (Å²) < 4.78 is 11.4. The molecule has 0 unspecified atom stereocenters. The number of benzene rings is 1. The van der Waals surface area contributed by atoms with E-state index in [0.717, 1.165) is 17.7 Å². The van der Waals surface area contributed by atoms with E-state index in [-0.39, 0.29) is 16.9 Å². The predicted octanol–water partition coefficient (Wildman–Crippen LogP) is 5.05. The van der Waals surface area contributed by atoms with Gasteiger partial charge < -0.3 is 9.47 Å². The molecule has 0 bridgehead atoms. The van der Waals surface area contributed by atoms with Crippen LogP contribution in [0.5, 0.6) is 11.5 Å². The molecule has 2 N–H and O–H groups in total. The first-order valence-corrected chi connectivity index (χ1v) is 11.4. The first-order valence-electron chi connectivity index (χ1n) is 11.4. The molecule has 0 aliphatic carbocycles. The van der Waals surface area contributed by atoms with E-state index in [1.54, 1.807) is 13.3 Å². The standard InChI is InChI=1S/C24H37N5O3/c1-6-7-8-9-10-11-12-15-32-19-14-13-18(16-20(19)31-5)17-25-28-23-26-22(30)21(27-29-23)24(2,3)4/h13-14,16-17H,6-12,15H2,1-5H3,(H2,26,28,29,30)/b25-17+. The third kappa shape index (κ3) is 8.32. The van der Waals surface area contributed by atoms with E-state index in [2.05, 4.69) is 32.6 Å². The van der Waals surface area contributed by atoms with Crippen LogP contribution in [0.4, 0.5) is 5.95 Å². The number of unbranched alkanes of at least 4 members (excludes halogenated alkanes) is 6. The molecule has 2 aromatic rings. The lowest BCUT2D eigenvalue weighted by molar-refractivity contribution is 0.284. The number of nitrogens with one attached hydrogen (secondary N) is 2. The summed E-state index contributed by atoms with van der Waals surface area (Å²) in [7, 11) is 1.62. The summed E-state index contributed by atoms with van der Waals surface area (Å²) in [5.74, 6) is 1.55. The number of rotatable bonds is 13. The monoisotopic (exact) mass is 443 g/mol. The van der Waals surface area contributed by atoms with Crippen molar-refractivity contribution in [2.75, 3.05) is 19.1 Å². The summed E-state index contributed by atoms with van der Waals surface area (Å²) in [6.45, 7) is 8.64. The zero-order valence-electron chi connectivity index (χ0n) is 20.0. The number of methoxy groups -OCH3 is 1. The fourth-order valence-electron chi connectivity index (χ4n) is 3.17. The molecule has 1 aromatic carbocycles. The van der Waals surface area contributed by atoms with Crippen LogP contribution >= 0.6 is 0 Å². The molecule has 32 heavy (non-hydrogen) atoms. The Morgan fingerprint density at radius 2 is 1.78 bits per heavy atom. The molecule has 0 atom stereocenters. The van der Waals surface area contributed by atoms with Crippen molar-refractivity contribution in [3.8, 4) is 11.5 Å². The van der Waals surface area contributed by atoms with Crippen molar-refractivity contribution in [1.29, 1.82) is 0 Å². The van der Waals surface area contributed by atoms with Gasteiger partial charge in [-0.2, -0.15) is 5.10 Å². The average Bonchev–Trinajstić information content (AvgIpc) is 2.75. The van der Waals surface area contributed by atoms with Gasteiger partial charge in [0.05, 0.1) is 19.9 Å². The summed E-state index contributed by atoms with van der Waals surface area (Å²) >= 11 is 0. The van der Waals surface area contributed by atoms with Gasteiger partial charge >= 0.3 is 0 Å². The van der Waals surface area contributed by atoms with Crippen molar-refractivity contribution in [2.45, 2.75) is 78.1 Å². The van der Waals surface area contributed by atoms with Crippen molar-refractivity contribution < 1.29 is 9.47 Å². The van der Waals surface area contributed by atoms with E-state index in [1.165, 1.54) is 38.5 Å². The number of anilines is 1. The van der Waals surface area contributed by atoms with Gasteiger partial charge in [0, 0.05) is 5.41 Å². The number of hydrazone groups is 1. The third-order valence-corrected chi connectivity index (χ3v) is 4.98. The Hall–Kier alpha value is -2.90. The second kappa shape index (κ2) is 12.8. The average molecular weight is 444 g/mol. The quantitative estimate of drug-likeness (QED) is 0.255. The van der Waals surface area contributed by atoms with Gasteiger partial charge in [-0.25, -0.2) is 5.43 Å². The number of nitrogens with zero attached hydrogens (tertiary/aromatic N) is 3. The van der Waals surface area contributed by atoms with E-state index in [4.69, 9.17) is 9.47 Å². The summed E-state index contributed by atoms with van der Waals surface area (Å²) in [6.07, 6.45) is 10.3. The van der Waals surface area contributed by atoms with E-state index in [9.17, 15) is 4.79 Å². The van der Waals surface area contributed by atoms with Gasteiger partial charge in [-0.1, -0.05) is 66.2 Å². The highest BCUT2D eigenvalue weighted by atomic mass is 16.5. The van der Waals surface area contributed by atoms with Gasteiger partial charge in [0.2, 0.25) is 5.95 Å². The van der Waals surface area contributed by atoms with Crippen LogP contribution in [0.25, 0.3) is 0 Å². The van der Waals surface area contributed by atoms with Crippen molar-refractivity contribution in [3.63, 3.8) is 0 Å². The van der Waals surface area contributed by atoms with Gasteiger partial charge in [0.15, 0.2) is 11.5 Å². The molecule has 0 spiro atoms. The van der Waals surface area contributed by atoms with Crippen LogP contribution in [0, 0.1) is 0 Å². The Kier molecular flexibility index (Phi) is 10.2. The van der Waals surface area contributed by atoms with Crippen LogP contribution in [0.1, 0.15) is 83.9 Å². The van der Waals surface area contributed by atoms with Gasteiger partial charge in [0.1, 0.15) is 5.69 Å². The second-order valence-electron chi connectivity index (χ2n) is 8.85. The number of aromatic amines is 1. The number of aromatic nitrogens is 3. The normalized spacial score (nSPS) is 11.7. The Bertz CT molecular complexity index is 919. The van der Waals surface area contributed by atoms with Crippen molar-refractivity contribution in [2.24, 2.45) is 5.10 Å². The Balaban J connectivity index is 1.86. The molecule has 1 aromatic heterocycles. The minimum Gasteiger partial charge on any atom is -0.493 e. The van der Waals surface area contributed by atoms with Crippen LogP contribution in [0.2, 0.25) is 0 Å². The van der Waals surface area contributed by atoms with Crippen LogP contribution in [-0.4, -0.2) is 35.1 Å². The fraction of sp³-hybridized carbons (Fsp3) is 0.583. The lowest BCUT2D eigenvalue weighted by Gasteiger charge is -2.15. The number of H-pyrrole nitrogens is 1. The van der Waals surface area contributed by atoms with E-state index in [0.29, 0.717) is 18.1 Å². The fourth-order valence-corrected chi connectivity index (χ4v) is 3.17. The molecule has 0 aliphatic heterocycles. The summed E-state index contributed by atoms with van der Waals surface area (Å²) in [5.41, 5.74) is 3.24. The molecule has 176 valence electrons. The van der Waals surface area contributed by atoms with Gasteiger partial charge in [-0.05, 0) is 30.2 Å². The highest BCUT2D eigenvalue weighted by molar-refractivity contribution is 5.81. The molecule has 0 saturated carbocycles. The number of hydrogen-bond donors (Lipinski definition) is 2. The molecule has 1 heterocycles. The highest BCUT2D eigenvalue weighted by Gasteiger charge is 2.20. The molecule has 8 nitrogen and oxygen atoms in total. The smallest absolute Gasteiger partial charge is 0.274 e. The minimum atomic E-state index is -0.378. The maximum absolute atomic E-state index is 12.1. The maximum atomic E-state index is 12.1. The molecule has 2 rings (SSSR count). The number of ether oxygens (including phenoxy) is 2. The maximum Gasteiger partial charge on any atom is 0.274 e. The first kappa shape index (κ1) is 25.4. The topological polar surface area (TPSA) is 101 Å². The molecule has 0 radical (unpaired) electrons. The molecular formula is C24H37N5O3. The van der Waals surface area contributed by atoms with Gasteiger partial charge in [-0.3, -0.25) is 9.78 Å². The van der Waals surface area contributed by atoms with E-state index in [1.807, 2.05) is 39.0 Å². The zero-order valence-corrected chi connectivity index (χ0v) is 20.0. The molecule has 8 heteroatoms. The molecule has 0 fully saturated rings. The predicted molar refractivity (Wildman–Crippen MR) is 129 cm³/mol. The molecule has 0 saturated heterocycles. The summed E-state index contributed by atoms with van der Waals surface area (Å²) in [6, 6.07) is 5.62. The Morgan fingerprint density at radius 3 is 2.44 bits per heavy atom. The third-order valence-electron chi connectivity index (χ3n) is 4.98. The van der Waals surface area contributed by atoms with Crippen molar-refractivity contribution in [3.05, 3.63) is 39.8 Å². The van der Waals surface area contributed by atoms with Crippen molar-refractivity contribution in [1.82, 2.24) is 15.2 Å². The van der Waals surface area contributed by atoms with Crippen LogP contribution in [0.15, 0.2) is 28.1 Å². The number of hydrogen-bond acceptors (Lipinski definition) is 7. The van der Waals surface area contributed by atoms with E-state index < -0.39 is 0 Å². The summed E-state index contributed by atoms with van der Waals surface area (Å²) in [5, 5.41) is 12.1. The lowest BCUT2D eigenvalue weighted by atomic mass is 9.93. The SMILES string of the molecule is CCCCCCCCCOc1ccc(/C=N/Nc2nnc(C(C)(C)C)c(=O)[nH]2)cc1OC. The van der Waals surface area contributed by atoms with Crippen molar-refractivity contribution >= 4 is 12.2 Å². The van der Waals surface area contributed by atoms with Crippen LogP contribution < -0.4 is 20.5 Å². The molecule has 0 aliphatic rings. The van der Waals surface area contributed by atoms with Gasteiger partial charge in [0.25, 0.3) is 5.56 Å². The summed E-state index contributed by atoms with van der Waals surface area (Å²) in [4.78, 5) is 14.8. The van der Waals surface area contributed by atoms with E-state index >= 15 is 0 Å². The first-order chi connectivity index (χ1) is 15.3. The zero-order chi connectivity index (χ0) is 23.4. The molecule has 0 amide bonds. The second-order valence-corrected chi connectivity index (χ2v) is 8.85. The molecular weight excluding hydrogens is 406 g/mol. The van der Waals surface area contributed by atoms with Crippen LogP contribution in [-0.2, 0) is 5.41 Å². The largest absolute Gasteiger partial charge is 0.493 e. The minimum absolute atomic E-state index is 0.181.